The van der Waals surface area contributed by atoms with Crippen LogP contribution in [0.4, 0.5) is 5.95 Å². The summed E-state index contributed by atoms with van der Waals surface area (Å²) in [6, 6.07) is 0. The van der Waals surface area contributed by atoms with Gasteiger partial charge in [0, 0.05) is 5.41 Å². The van der Waals surface area contributed by atoms with E-state index in [9.17, 15) is 4.79 Å². The molecule has 0 saturated heterocycles. The highest BCUT2D eigenvalue weighted by Crippen LogP contribution is 2.41. The number of rotatable bonds is 3. The van der Waals surface area contributed by atoms with Gasteiger partial charge in [-0.25, -0.2) is 5.10 Å². The van der Waals surface area contributed by atoms with E-state index in [1.807, 2.05) is 0 Å². The Morgan fingerprint density at radius 3 is 2.87 bits per heavy atom. The van der Waals surface area contributed by atoms with E-state index in [1.165, 1.54) is 6.33 Å². The van der Waals surface area contributed by atoms with Crippen molar-refractivity contribution in [2.75, 3.05) is 5.32 Å². The third-order valence-corrected chi connectivity index (χ3v) is 3.37. The molecule has 2 rings (SSSR count). The monoisotopic (exact) mass is 208 g/mol. The molecule has 0 spiro atoms. The highest BCUT2D eigenvalue weighted by atomic mass is 16.2. The van der Waals surface area contributed by atoms with Crippen molar-refractivity contribution in [1.82, 2.24) is 15.2 Å². The average molecular weight is 208 g/mol. The molecule has 1 amide bonds. The van der Waals surface area contributed by atoms with Crippen LogP contribution in [0.15, 0.2) is 6.33 Å². The van der Waals surface area contributed by atoms with E-state index < -0.39 is 0 Å². The number of carbonyl (C=O) groups excluding carboxylic acids is 1. The van der Waals surface area contributed by atoms with Crippen molar-refractivity contribution in [3.63, 3.8) is 0 Å². The lowest BCUT2D eigenvalue weighted by Crippen LogP contribution is -2.33. The highest BCUT2D eigenvalue weighted by molar-refractivity contribution is 5.94. The summed E-state index contributed by atoms with van der Waals surface area (Å²) in [5.41, 5.74) is -0.174. The number of H-pyrrole nitrogens is 1. The summed E-state index contributed by atoms with van der Waals surface area (Å²) in [4.78, 5) is 16.0. The normalized spacial score (nSPS) is 19.0. The van der Waals surface area contributed by atoms with Gasteiger partial charge in [0.25, 0.3) is 0 Å². The third-order valence-electron chi connectivity index (χ3n) is 3.37. The standard InChI is InChI=1S/C10H16N4O/c1-2-10(5-3-4-6-10)8(15)13-9-11-7-12-14-9/h7H,2-6H2,1H3,(H2,11,12,13,14,15). The Hall–Kier alpha value is -1.39. The first-order valence-electron chi connectivity index (χ1n) is 5.44. The summed E-state index contributed by atoms with van der Waals surface area (Å²) < 4.78 is 0. The maximum absolute atomic E-state index is 12.1. The van der Waals surface area contributed by atoms with Crippen LogP contribution in [0.5, 0.6) is 0 Å². The summed E-state index contributed by atoms with van der Waals surface area (Å²) in [5.74, 6) is 0.527. The van der Waals surface area contributed by atoms with Gasteiger partial charge in [0.2, 0.25) is 11.9 Å². The minimum Gasteiger partial charge on any atom is -0.294 e. The van der Waals surface area contributed by atoms with Gasteiger partial charge in [-0.15, -0.1) is 0 Å². The minimum absolute atomic E-state index is 0.0826. The molecule has 0 aliphatic heterocycles. The molecule has 1 aromatic heterocycles. The maximum Gasteiger partial charge on any atom is 0.232 e. The van der Waals surface area contributed by atoms with Gasteiger partial charge in [0.05, 0.1) is 0 Å². The number of hydrogen-bond donors (Lipinski definition) is 2. The summed E-state index contributed by atoms with van der Waals surface area (Å²) >= 11 is 0. The van der Waals surface area contributed by atoms with Crippen LogP contribution in [0.3, 0.4) is 0 Å². The van der Waals surface area contributed by atoms with Gasteiger partial charge in [-0.1, -0.05) is 19.8 Å². The first kappa shape index (κ1) is 10.1. The Bertz CT molecular complexity index is 327. The number of aromatic amines is 1. The van der Waals surface area contributed by atoms with Crippen LogP contribution in [0.2, 0.25) is 0 Å². The molecule has 1 heterocycles. The van der Waals surface area contributed by atoms with E-state index in [1.54, 1.807) is 0 Å². The predicted molar refractivity (Wildman–Crippen MR) is 56.2 cm³/mol. The number of anilines is 1. The zero-order chi connectivity index (χ0) is 10.7. The maximum atomic E-state index is 12.1. The molecule has 0 atom stereocenters. The summed E-state index contributed by atoms with van der Waals surface area (Å²) in [5, 5.41) is 9.13. The van der Waals surface area contributed by atoms with Crippen LogP contribution in [-0.2, 0) is 4.79 Å². The Kier molecular flexibility index (Phi) is 2.70. The number of aromatic nitrogens is 3. The van der Waals surface area contributed by atoms with Gasteiger partial charge in [0.1, 0.15) is 6.33 Å². The second kappa shape index (κ2) is 4.00. The van der Waals surface area contributed by atoms with Crippen molar-refractivity contribution in [2.24, 2.45) is 5.41 Å². The van der Waals surface area contributed by atoms with Gasteiger partial charge >= 0.3 is 0 Å². The van der Waals surface area contributed by atoms with Gasteiger partial charge in [-0.3, -0.25) is 10.1 Å². The molecule has 1 aromatic rings. The van der Waals surface area contributed by atoms with E-state index in [0.29, 0.717) is 5.95 Å². The lowest BCUT2D eigenvalue weighted by molar-refractivity contribution is -0.125. The highest BCUT2D eigenvalue weighted by Gasteiger charge is 2.39. The van der Waals surface area contributed by atoms with E-state index in [2.05, 4.69) is 27.4 Å². The third kappa shape index (κ3) is 1.86. The molecule has 5 nitrogen and oxygen atoms in total. The fourth-order valence-electron chi connectivity index (χ4n) is 2.30. The molecule has 1 aliphatic rings. The first-order chi connectivity index (χ1) is 7.27. The van der Waals surface area contributed by atoms with Crippen molar-refractivity contribution < 1.29 is 4.79 Å². The van der Waals surface area contributed by atoms with Gasteiger partial charge in [-0.05, 0) is 19.3 Å². The number of carbonyl (C=O) groups is 1. The van der Waals surface area contributed by atoms with Gasteiger partial charge in [-0.2, -0.15) is 10.1 Å². The topological polar surface area (TPSA) is 70.7 Å². The van der Waals surface area contributed by atoms with Crippen molar-refractivity contribution in [3.05, 3.63) is 6.33 Å². The average Bonchev–Trinajstić information content (AvgIpc) is 2.87. The number of nitrogens with zero attached hydrogens (tertiary/aromatic N) is 2. The van der Waals surface area contributed by atoms with Crippen molar-refractivity contribution in [3.8, 4) is 0 Å². The van der Waals surface area contributed by atoms with Crippen LogP contribution in [0.1, 0.15) is 39.0 Å². The van der Waals surface area contributed by atoms with Crippen molar-refractivity contribution in [2.45, 2.75) is 39.0 Å². The number of amides is 1. The summed E-state index contributed by atoms with van der Waals surface area (Å²) in [7, 11) is 0. The Balaban J connectivity index is 2.06. The first-order valence-corrected chi connectivity index (χ1v) is 5.44. The smallest absolute Gasteiger partial charge is 0.232 e. The molecular formula is C10H16N4O. The van der Waals surface area contributed by atoms with E-state index in [4.69, 9.17) is 0 Å². The molecule has 1 aliphatic carbocycles. The second-order valence-corrected chi connectivity index (χ2v) is 4.13. The molecule has 2 N–H and O–H groups in total. The molecule has 15 heavy (non-hydrogen) atoms. The van der Waals surface area contributed by atoms with Crippen molar-refractivity contribution >= 4 is 11.9 Å². The second-order valence-electron chi connectivity index (χ2n) is 4.13. The van der Waals surface area contributed by atoms with Crippen LogP contribution in [-0.4, -0.2) is 21.1 Å². The van der Waals surface area contributed by atoms with Crippen LogP contribution in [0, 0.1) is 5.41 Å². The minimum atomic E-state index is -0.174. The molecule has 1 fully saturated rings. The molecule has 0 unspecified atom stereocenters. The quantitative estimate of drug-likeness (QED) is 0.794. The van der Waals surface area contributed by atoms with E-state index in [-0.39, 0.29) is 11.3 Å². The lowest BCUT2D eigenvalue weighted by Gasteiger charge is -2.25. The van der Waals surface area contributed by atoms with E-state index >= 15 is 0 Å². The zero-order valence-corrected chi connectivity index (χ0v) is 8.92. The molecule has 5 heteroatoms. The number of nitrogens with one attached hydrogen (secondary N) is 2. The molecular weight excluding hydrogens is 192 g/mol. The van der Waals surface area contributed by atoms with Crippen LogP contribution >= 0.6 is 0 Å². The molecule has 0 radical (unpaired) electrons. The summed E-state index contributed by atoms with van der Waals surface area (Å²) in [6.07, 6.45) is 6.57. The Morgan fingerprint density at radius 2 is 2.33 bits per heavy atom. The lowest BCUT2D eigenvalue weighted by atomic mass is 9.82. The molecule has 1 saturated carbocycles. The zero-order valence-electron chi connectivity index (χ0n) is 8.92. The Morgan fingerprint density at radius 1 is 1.60 bits per heavy atom. The van der Waals surface area contributed by atoms with Crippen LogP contribution < -0.4 is 5.32 Å². The number of hydrogen-bond acceptors (Lipinski definition) is 3. The Labute approximate surface area is 88.7 Å². The predicted octanol–water partition coefficient (Wildman–Crippen LogP) is 1.71. The van der Waals surface area contributed by atoms with E-state index in [0.717, 1.165) is 32.1 Å². The van der Waals surface area contributed by atoms with Gasteiger partial charge < -0.3 is 0 Å². The largest absolute Gasteiger partial charge is 0.294 e. The fraction of sp³-hybridized carbons (Fsp3) is 0.700. The molecule has 0 bridgehead atoms. The molecule has 82 valence electrons. The summed E-state index contributed by atoms with van der Waals surface area (Å²) in [6.45, 7) is 2.07. The SMILES string of the molecule is CCC1(C(=O)Nc2ncn[nH]2)CCCC1. The van der Waals surface area contributed by atoms with Gasteiger partial charge in [0.15, 0.2) is 0 Å². The van der Waals surface area contributed by atoms with Crippen LogP contribution in [0.25, 0.3) is 0 Å². The molecule has 0 aromatic carbocycles. The van der Waals surface area contributed by atoms with Crippen molar-refractivity contribution in [1.29, 1.82) is 0 Å². The fourth-order valence-corrected chi connectivity index (χ4v) is 2.30.